The summed E-state index contributed by atoms with van der Waals surface area (Å²) < 4.78 is 0. The van der Waals surface area contributed by atoms with E-state index in [0.717, 1.165) is 0 Å². The van der Waals surface area contributed by atoms with Gasteiger partial charge in [0.1, 0.15) is 5.75 Å². The smallest absolute Gasteiger partial charge is 0.373 e. The Morgan fingerprint density at radius 3 is 2.73 bits per heavy atom. The number of carboxylic acid groups (broad SMARTS) is 1. The van der Waals surface area contributed by atoms with Crippen molar-refractivity contribution >= 4 is 16.9 Å². The maximum atomic E-state index is 10.7. The lowest BCUT2D eigenvalue weighted by atomic mass is 10.2. The van der Waals surface area contributed by atoms with Gasteiger partial charge in [-0.2, -0.15) is 0 Å². The first-order valence-electron chi connectivity index (χ1n) is 4.29. The molecule has 5 heteroatoms. The summed E-state index contributed by atoms with van der Waals surface area (Å²) in [5, 5.41) is 18.8. The second-order valence-electron chi connectivity index (χ2n) is 3.11. The Bertz CT molecular complexity index is 552. The molecular formula is C10H8N2O3. The predicted molar refractivity (Wildman–Crippen MR) is 52.9 cm³/mol. The largest absolute Gasteiger partial charge is 0.507 e. The molecule has 0 fully saturated rings. The molecule has 0 radical (unpaired) electrons. The van der Waals surface area contributed by atoms with Gasteiger partial charge in [-0.15, -0.1) is 0 Å². The fourth-order valence-corrected chi connectivity index (χ4v) is 1.44. The van der Waals surface area contributed by atoms with Gasteiger partial charge in [-0.05, 0) is 19.1 Å². The molecule has 1 aromatic carbocycles. The van der Waals surface area contributed by atoms with E-state index in [2.05, 4.69) is 9.97 Å². The van der Waals surface area contributed by atoms with Crippen LogP contribution < -0.4 is 0 Å². The summed E-state index contributed by atoms with van der Waals surface area (Å²) in [6.07, 6.45) is 0. The van der Waals surface area contributed by atoms with Crippen LogP contribution in [0.5, 0.6) is 5.75 Å². The zero-order chi connectivity index (χ0) is 11.0. The third-order valence-corrected chi connectivity index (χ3v) is 2.07. The van der Waals surface area contributed by atoms with Gasteiger partial charge in [0.15, 0.2) is 0 Å². The molecule has 1 aromatic heterocycles. The highest BCUT2D eigenvalue weighted by Crippen LogP contribution is 2.24. The molecule has 0 spiro atoms. The molecular weight excluding hydrogens is 196 g/mol. The Hall–Kier alpha value is -2.17. The van der Waals surface area contributed by atoms with Crippen molar-refractivity contribution in [2.24, 2.45) is 0 Å². The number of benzene rings is 1. The predicted octanol–water partition coefficient (Wildman–Crippen LogP) is 1.34. The number of nitrogens with zero attached hydrogens (tertiary/aromatic N) is 2. The van der Waals surface area contributed by atoms with E-state index in [1.165, 1.54) is 6.07 Å². The minimum atomic E-state index is -1.18. The number of hydrogen-bond donors (Lipinski definition) is 2. The first-order chi connectivity index (χ1) is 7.09. The summed E-state index contributed by atoms with van der Waals surface area (Å²) >= 11 is 0. The number of aryl methyl sites for hydroxylation is 1. The average molecular weight is 204 g/mol. The molecule has 0 amide bonds. The molecule has 76 valence electrons. The highest BCUT2D eigenvalue weighted by atomic mass is 16.4. The molecule has 0 saturated carbocycles. The van der Waals surface area contributed by atoms with Crippen LogP contribution in [0.2, 0.25) is 0 Å². The van der Waals surface area contributed by atoms with Gasteiger partial charge in [0.05, 0.1) is 16.6 Å². The molecule has 0 aliphatic carbocycles. The van der Waals surface area contributed by atoms with Gasteiger partial charge in [0.25, 0.3) is 0 Å². The summed E-state index contributed by atoms with van der Waals surface area (Å²) in [5.41, 5.74) is 0.885. The van der Waals surface area contributed by atoms with Crippen LogP contribution >= 0.6 is 0 Å². The highest BCUT2D eigenvalue weighted by Gasteiger charge is 2.12. The topological polar surface area (TPSA) is 83.3 Å². The number of phenolic OH excluding ortho intramolecular Hbond substituents is 1. The van der Waals surface area contributed by atoms with Gasteiger partial charge in [-0.1, -0.05) is 6.07 Å². The fraction of sp³-hybridized carbons (Fsp3) is 0.100. The molecule has 0 aliphatic heterocycles. The van der Waals surface area contributed by atoms with Crippen LogP contribution in [0.15, 0.2) is 18.2 Å². The Balaban J connectivity index is 2.84. The maximum absolute atomic E-state index is 10.7. The SMILES string of the molecule is Cc1nc(C(=O)O)nc2cccc(O)c12. The van der Waals surface area contributed by atoms with E-state index in [0.29, 0.717) is 16.6 Å². The van der Waals surface area contributed by atoms with Crippen LogP contribution in [-0.2, 0) is 0 Å². The van der Waals surface area contributed by atoms with Crippen molar-refractivity contribution in [3.63, 3.8) is 0 Å². The molecule has 1 heterocycles. The van der Waals surface area contributed by atoms with Crippen LogP contribution in [0.1, 0.15) is 16.3 Å². The van der Waals surface area contributed by atoms with Crippen molar-refractivity contribution in [2.75, 3.05) is 0 Å². The van der Waals surface area contributed by atoms with Gasteiger partial charge in [-0.3, -0.25) is 0 Å². The number of hydrogen-bond acceptors (Lipinski definition) is 4. The van der Waals surface area contributed by atoms with Gasteiger partial charge in [0, 0.05) is 0 Å². The second kappa shape index (κ2) is 3.20. The summed E-state index contributed by atoms with van der Waals surface area (Å²) in [6.45, 7) is 1.64. The van der Waals surface area contributed by atoms with E-state index >= 15 is 0 Å². The molecule has 2 N–H and O–H groups in total. The lowest BCUT2D eigenvalue weighted by Gasteiger charge is -2.04. The van der Waals surface area contributed by atoms with Gasteiger partial charge in [-0.25, -0.2) is 14.8 Å². The van der Waals surface area contributed by atoms with Crippen molar-refractivity contribution in [3.8, 4) is 5.75 Å². The molecule has 0 aliphatic rings. The molecule has 5 nitrogen and oxygen atoms in total. The van der Waals surface area contributed by atoms with E-state index < -0.39 is 5.97 Å². The minimum absolute atomic E-state index is 0.0574. The van der Waals surface area contributed by atoms with E-state index in [1.807, 2.05) is 0 Å². The number of rotatable bonds is 1. The molecule has 0 unspecified atom stereocenters. The van der Waals surface area contributed by atoms with Crippen molar-refractivity contribution in [1.29, 1.82) is 0 Å². The van der Waals surface area contributed by atoms with Gasteiger partial charge >= 0.3 is 5.97 Å². The van der Waals surface area contributed by atoms with Crippen LogP contribution in [0.4, 0.5) is 0 Å². The monoisotopic (exact) mass is 204 g/mol. The Labute approximate surface area is 85.0 Å². The maximum Gasteiger partial charge on any atom is 0.373 e. The van der Waals surface area contributed by atoms with E-state index in [4.69, 9.17) is 5.11 Å². The molecule has 2 rings (SSSR count). The lowest BCUT2D eigenvalue weighted by molar-refractivity contribution is 0.0683. The van der Waals surface area contributed by atoms with E-state index in [1.54, 1.807) is 19.1 Å². The Kier molecular flexibility index (Phi) is 2.00. The zero-order valence-corrected chi connectivity index (χ0v) is 7.93. The number of carbonyl (C=O) groups is 1. The number of carboxylic acids is 1. The molecule has 15 heavy (non-hydrogen) atoms. The van der Waals surface area contributed by atoms with Gasteiger partial charge in [0.2, 0.25) is 5.82 Å². The number of aromatic nitrogens is 2. The van der Waals surface area contributed by atoms with Crippen molar-refractivity contribution in [3.05, 3.63) is 29.7 Å². The second-order valence-corrected chi connectivity index (χ2v) is 3.11. The van der Waals surface area contributed by atoms with Crippen LogP contribution in [-0.4, -0.2) is 26.2 Å². The van der Waals surface area contributed by atoms with Crippen LogP contribution in [0.25, 0.3) is 10.9 Å². The summed E-state index contributed by atoms with van der Waals surface area (Å²) in [4.78, 5) is 18.3. The number of aromatic carboxylic acids is 1. The minimum Gasteiger partial charge on any atom is -0.507 e. The quantitative estimate of drug-likeness (QED) is 0.732. The van der Waals surface area contributed by atoms with E-state index in [-0.39, 0.29) is 11.6 Å². The van der Waals surface area contributed by atoms with Crippen molar-refractivity contribution in [1.82, 2.24) is 9.97 Å². The molecule has 0 atom stereocenters. The first kappa shape index (κ1) is 9.39. The lowest BCUT2D eigenvalue weighted by Crippen LogP contribution is -2.05. The third-order valence-electron chi connectivity index (χ3n) is 2.07. The molecule has 0 saturated heterocycles. The average Bonchev–Trinajstić information content (AvgIpc) is 2.17. The van der Waals surface area contributed by atoms with Gasteiger partial charge < -0.3 is 10.2 Å². The Morgan fingerprint density at radius 2 is 2.07 bits per heavy atom. The fourth-order valence-electron chi connectivity index (χ4n) is 1.44. The van der Waals surface area contributed by atoms with E-state index in [9.17, 15) is 9.90 Å². The first-order valence-corrected chi connectivity index (χ1v) is 4.29. The summed E-state index contributed by atoms with van der Waals surface area (Å²) in [5.74, 6) is -1.38. The van der Waals surface area contributed by atoms with Crippen LogP contribution in [0, 0.1) is 6.92 Å². The number of phenols is 1. The summed E-state index contributed by atoms with van der Waals surface area (Å²) in [7, 11) is 0. The molecule has 2 aromatic rings. The normalized spacial score (nSPS) is 10.5. The third kappa shape index (κ3) is 1.48. The standard InChI is InChI=1S/C10H8N2O3/c1-5-8-6(3-2-4-7(8)13)12-9(11-5)10(14)15/h2-4,13H,1H3,(H,14,15). The number of aromatic hydroxyl groups is 1. The van der Waals surface area contributed by atoms with Crippen molar-refractivity contribution in [2.45, 2.75) is 6.92 Å². The zero-order valence-electron chi connectivity index (χ0n) is 7.93. The summed E-state index contributed by atoms with van der Waals surface area (Å²) in [6, 6.07) is 4.76. The Morgan fingerprint density at radius 1 is 1.33 bits per heavy atom. The molecule has 0 bridgehead atoms. The number of fused-ring (bicyclic) bond motifs is 1. The highest BCUT2D eigenvalue weighted by molar-refractivity contribution is 5.91. The van der Waals surface area contributed by atoms with Crippen molar-refractivity contribution < 1.29 is 15.0 Å². The van der Waals surface area contributed by atoms with Crippen LogP contribution in [0.3, 0.4) is 0 Å².